The Bertz CT molecular complexity index is 1430. The maximum atomic E-state index is 14.0. The molecule has 1 N–H and O–H groups in total. The summed E-state index contributed by atoms with van der Waals surface area (Å²) in [5, 5.41) is 11.8. The van der Waals surface area contributed by atoms with E-state index in [-0.39, 0.29) is 11.3 Å². The first-order valence-electron chi connectivity index (χ1n) is 11.8. The van der Waals surface area contributed by atoms with E-state index in [0.717, 1.165) is 62.4 Å². The van der Waals surface area contributed by atoms with Gasteiger partial charge in [0.05, 0.1) is 30.4 Å². The number of hydrogen-bond acceptors (Lipinski definition) is 7. The molecule has 0 spiro atoms. The van der Waals surface area contributed by atoms with Gasteiger partial charge in [0.15, 0.2) is 0 Å². The maximum Gasteiger partial charge on any atom is 0.263 e. The summed E-state index contributed by atoms with van der Waals surface area (Å²) in [5.41, 5.74) is 2.13. The fourth-order valence-electron chi connectivity index (χ4n) is 4.85. The molecule has 1 saturated carbocycles. The van der Waals surface area contributed by atoms with Crippen LogP contribution in [0.4, 0.5) is 0 Å². The Morgan fingerprint density at radius 2 is 2.00 bits per heavy atom. The van der Waals surface area contributed by atoms with Crippen LogP contribution in [0.5, 0.6) is 11.5 Å². The molecule has 4 aromatic rings. The van der Waals surface area contributed by atoms with E-state index in [0.29, 0.717) is 33.2 Å². The van der Waals surface area contributed by atoms with Crippen LogP contribution in [0.25, 0.3) is 31.7 Å². The Balaban J connectivity index is 1.55. The fourth-order valence-corrected chi connectivity index (χ4v) is 5.93. The summed E-state index contributed by atoms with van der Waals surface area (Å²) in [6, 6.07) is 11.4. The molecule has 3 heterocycles. The Morgan fingerprint density at radius 3 is 2.76 bits per heavy atom. The van der Waals surface area contributed by atoms with Crippen LogP contribution in [0, 0.1) is 0 Å². The summed E-state index contributed by atoms with van der Waals surface area (Å²) in [6.07, 6.45) is 2.27. The number of morpholine rings is 1. The highest BCUT2D eigenvalue weighted by atomic mass is 32.1. The van der Waals surface area contributed by atoms with E-state index in [1.807, 2.05) is 22.8 Å². The van der Waals surface area contributed by atoms with Gasteiger partial charge in [-0.3, -0.25) is 14.3 Å². The summed E-state index contributed by atoms with van der Waals surface area (Å²) >= 11 is 1.38. The van der Waals surface area contributed by atoms with Gasteiger partial charge >= 0.3 is 0 Å². The first-order valence-corrected chi connectivity index (χ1v) is 12.6. The topological polar surface area (TPSA) is 76.8 Å². The molecule has 2 fully saturated rings. The summed E-state index contributed by atoms with van der Waals surface area (Å²) in [5.74, 6) is 2.17. The molecule has 8 heteroatoms. The lowest BCUT2D eigenvalue weighted by Crippen LogP contribution is -2.39. The third-order valence-corrected chi connectivity index (χ3v) is 7.98. The molecule has 0 bridgehead atoms. The van der Waals surface area contributed by atoms with Gasteiger partial charge in [0.1, 0.15) is 22.2 Å². The van der Waals surface area contributed by atoms with Crippen molar-refractivity contribution in [1.29, 1.82) is 0 Å². The molecule has 1 aliphatic carbocycles. The monoisotopic (exact) mass is 477 g/mol. The molecule has 2 aromatic carbocycles. The number of thiophene rings is 1. The van der Waals surface area contributed by atoms with Gasteiger partial charge in [-0.2, -0.15) is 0 Å². The number of benzene rings is 2. The van der Waals surface area contributed by atoms with Crippen molar-refractivity contribution < 1.29 is 14.6 Å². The van der Waals surface area contributed by atoms with E-state index in [1.54, 1.807) is 19.2 Å². The van der Waals surface area contributed by atoms with Crippen LogP contribution in [-0.2, 0) is 11.3 Å². The predicted molar refractivity (Wildman–Crippen MR) is 134 cm³/mol. The number of rotatable bonds is 6. The van der Waals surface area contributed by atoms with Crippen molar-refractivity contribution >= 4 is 31.6 Å². The minimum Gasteiger partial charge on any atom is -0.506 e. The molecule has 7 nitrogen and oxygen atoms in total. The van der Waals surface area contributed by atoms with E-state index >= 15 is 0 Å². The van der Waals surface area contributed by atoms with Crippen molar-refractivity contribution in [3.8, 4) is 22.9 Å². The lowest BCUT2D eigenvalue weighted by Gasteiger charge is -2.27. The molecular weight excluding hydrogens is 450 g/mol. The highest BCUT2D eigenvalue weighted by molar-refractivity contribution is 7.25. The van der Waals surface area contributed by atoms with Gasteiger partial charge < -0.3 is 14.6 Å². The largest absolute Gasteiger partial charge is 0.506 e. The number of ether oxygens (including phenoxy) is 2. The molecule has 0 unspecified atom stereocenters. The first kappa shape index (κ1) is 21.6. The Hall–Kier alpha value is -2.94. The maximum absolute atomic E-state index is 14.0. The molecule has 1 aliphatic heterocycles. The van der Waals surface area contributed by atoms with E-state index < -0.39 is 0 Å². The van der Waals surface area contributed by atoms with Gasteiger partial charge in [0.25, 0.3) is 5.56 Å². The minimum atomic E-state index is -0.0531. The molecule has 2 aliphatic rings. The number of methoxy groups -OCH3 is 1. The molecule has 2 aromatic heterocycles. The van der Waals surface area contributed by atoms with E-state index in [9.17, 15) is 9.90 Å². The van der Waals surface area contributed by atoms with Crippen molar-refractivity contribution in [1.82, 2.24) is 14.5 Å². The van der Waals surface area contributed by atoms with Crippen molar-refractivity contribution in [2.75, 3.05) is 40.0 Å². The fraction of sp³-hybridized carbons (Fsp3) is 0.385. The van der Waals surface area contributed by atoms with Gasteiger partial charge in [-0.1, -0.05) is 12.1 Å². The Morgan fingerprint density at radius 1 is 1.18 bits per heavy atom. The lowest BCUT2D eigenvalue weighted by molar-refractivity contribution is 0.0363. The standard InChI is InChI=1S/C26H27N3O4S/c1-32-17-7-8-18(20(15-17)16-5-6-16)24-27-25-22(19-3-2-4-21(30)23(19)34-25)26(31)29(24)10-9-28-11-13-33-14-12-28/h2-4,7-8,15-16,30H,5-6,9-14H2,1H3. The molecule has 34 heavy (non-hydrogen) atoms. The summed E-state index contributed by atoms with van der Waals surface area (Å²) < 4.78 is 13.5. The van der Waals surface area contributed by atoms with Crippen LogP contribution in [0.1, 0.15) is 24.3 Å². The summed E-state index contributed by atoms with van der Waals surface area (Å²) in [7, 11) is 1.68. The van der Waals surface area contributed by atoms with E-state index in [1.165, 1.54) is 16.9 Å². The quantitative estimate of drug-likeness (QED) is 0.449. The SMILES string of the molecule is COc1ccc(-c2nc3sc4c(O)cccc4c3c(=O)n2CCN2CCOCC2)c(C2CC2)c1. The number of aromatic nitrogens is 2. The molecule has 0 amide bonds. The van der Waals surface area contributed by atoms with Crippen molar-refractivity contribution in [3.63, 3.8) is 0 Å². The van der Waals surface area contributed by atoms with Crippen LogP contribution in [0.3, 0.4) is 0 Å². The lowest BCUT2D eigenvalue weighted by atomic mass is 10.0. The van der Waals surface area contributed by atoms with Crippen LogP contribution in [-0.4, -0.2) is 59.5 Å². The third kappa shape index (κ3) is 3.76. The average molecular weight is 478 g/mol. The predicted octanol–water partition coefficient (Wildman–Crippen LogP) is 4.20. The molecular formula is C26H27N3O4S. The third-order valence-electron chi connectivity index (χ3n) is 6.86. The van der Waals surface area contributed by atoms with Gasteiger partial charge in [0.2, 0.25) is 0 Å². The second-order valence-corrected chi connectivity index (χ2v) is 10.0. The van der Waals surface area contributed by atoms with Crippen molar-refractivity contribution in [2.45, 2.75) is 25.3 Å². The van der Waals surface area contributed by atoms with Gasteiger partial charge in [-0.15, -0.1) is 11.3 Å². The number of phenolic OH excluding ortho intramolecular Hbond substituents is 1. The number of hydrogen-bond donors (Lipinski definition) is 1. The highest BCUT2D eigenvalue weighted by Gasteiger charge is 2.29. The number of nitrogens with zero attached hydrogens (tertiary/aromatic N) is 3. The van der Waals surface area contributed by atoms with Crippen molar-refractivity contribution in [2.24, 2.45) is 0 Å². The second-order valence-electron chi connectivity index (χ2n) is 9.01. The van der Waals surface area contributed by atoms with E-state index in [4.69, 9.17) is 14.5 Å². The summed E-state index contributed by atoms with van der Waals surface area (Å²) in [4.78, 5) is 22.0. The van der Waals surface area contributed by atoms with Crippen LogP contribution < -0.4 is 10.3 Å². The van der Waals surface area contributed by atoms with Crippen molar-refractivity contribution in [3.05, 3.63) is 52.3 Å². The molecule has 6 rings (SSSR count). The number of aromatic hydroxyl groups is 1. The van der Waals surface area contributed by atoms with Gasteiger partial charge in [-0.05, 0) is 48.6 Å². The number of phenols is 1. The van der Waals surface area contributed by atoms with Gasteiger partial charge in [0, 0.05) is 37.1 Å². The van der Waals surface area contributed by atoms with Crippen LogP contribution >= 0.6 is 11.3 Å². The second kappa shape index (κ2) is 8.69. The first-order chi connectivity index (χ1) is 16.6. The summed E-state index contributed by atoms with van der Waals surface area (Å²) in [6.45, 7) is 4.47. The van der Waals surface area contributed by atoms with Crippen LogP contribution in [0.2, 0.25) is 0 Å². The zero-order valence-corrected chi connectivity index (χ0v) is 19.9. The zero-order chi connectivity index (χ0) is 23.2. The average Bonchev–Trinajstić information content (AvgIpc) is 3.64. The molecule has 0 atom stereocenters. The normalized spacial score (nSPS) is 17.0. The number of fused-ring (bicyclic) bond motifs is 3. The zero-order valence-electron chi connectivity index (χ0n) is 19.1. The Labute approximate surface area is 201 Å². The smallest absolute Gasteiger partial charge is 0.263 e. The Kier molecular flexibility index (Phi) is 5.51. The molecule has 0 radical (unpaired) electrons. The van der Waals surface area contributed by atoms with Crippen LogP contribution in [0.15, 0.2) is 41.2 Å². The van der Waals surface area contributed by atoms with Gasteiger partial charge in [-0.25, -0.2) is 4.98 Å². The van der Waals surface area contributed by atoms with E-state index in [2.05, 4.69) is 11.0 Å². The molecule has 1 saturated heterocycles. The molecule has 176 valence electrons. The minimum absolute atomic E-state index is 0.0531. The highest BCUT2D eigenvalue weighted by Crippen LogP contribution is 2.46.